The first-order valence-corrected chi connectivity index (χ1v) is 10.4. The van der Waals surface area contributed by atoms with Crippen molar-refractivity contribution in [1.29, 1.82) is 0 Å². The summed E-state index contributed by atoms with van der Waals surface area (Å²) in [5, 5.41) is 38.4. The number of carbonyl (C=O) groups is 2. The Balaban J connectivity index is 1.43. The van der Waals surface area contributed by atoms with Gasteiger partial charge < -0.3 is 29.9 Å². The van der Waals surface area contributed by atoms with Crippen molar-refractivity contribution in [2.45, 2.75) is 82.1 Å². The Kier molecular flexibility index (Phi) is 10.2. The van der Waals surface area contributed by atoms with E-state index in [0.717, 1.165) is 51.4 Å². The third kappa shape index (κ3) is 7.13. The fourth-order valence-corrected chi connectivity index (χ4v) is 3.49. The number of imide groups is 1. The molecule has 2 amide bonds. The fourth-order valence-electron chi connectivity index (χ4n) is 3.49. The van der Waals surface area contributed by atoms with Gasteiger partial charge in [0.05, 0.1) is 6.61 Å². The van der Waals surface area contributed by atoms with Gasteiger partial charge in [0.15, 0.2) is 6.29 Å². The van der Waals surface area contributed by atoms with E-state index in [9.17, 15) is 24.9 Å². The predicted molar refractivity (Wildman–Crippen MR) is 103 cm³/mol. The standard InChI is InChI=1S/C20H33NO8/c22-13-14-17(25)18(26)19(27)20(29-14)28-12-8-6-4-2-1-3-5-7-11-21-15(23)9-10-16(21)24/h9-10,14,17-20,22,25-27H,1-8,11-13H2/t14?,17-,18+,19?,20-/m1/s1. The molecule has 2 unspecified atom stereocenters. The Morgan fingerprint density at radius 2 is 1.38 bits per heavy atom. The van der Waals surface area contributed by atoms with E-state index in [4.69, 9.17) is 14.6 Å². The minimum Gasteiger partial charge on any atom is -0.394 e. The Labute approximate surface area is 170 Å². The Hall–Kier alpha value is -1.36. The van der Waals surface area contributed by atoms with Crippen LogP contribution in [-0.4, -0.2) is 87.6 Å². The fraction of sp³-hybridized carbons (Fsp3) is 0.800. The first-order chi connectivity index (χ1) is 14.0. The smallest absolute Gasteiger partial charge is 0.253 e. The van der Waals surface area contributed by atoms with Gasteiger partial charge in [-0.25, -0.2) is 0 Å². The molecule has 5 atom stereocenters. The molecule has 2 rings (SSSR count). The second kappa shape index (κ2) is 12.4. The van der Waals surface area contributed by atoms with Gasteiger partial charge in [-0.05, 0) is 12.8 Å². The molecule has 29 heavy (non-hydrogen) atoms. The minimum absolute atomic E-state index is 0.221. The largest absolute Gasteiger partial charge is 0.394 e. The zero-order chi connectivity index (χ0) is 21.2. The summed E-state index contributed by atoms with van der Waals surface area (Å²) in [5.74, 6) is -0.443. The molecule has 0 saturated carbocycles. The van der Waals surface area contributed by atoms with Crippen molar-refractivity contribution in [2.24, 2.45) is 0 Å². The highest BCUT2D eigenvalue weighted by molar-refractivity contribution is 6.12. The maximum absolute atomic E-state index is 11.4. The maximum atomic E-state index is 11.4. The average Bonchev–Trinajstić information content (AvgIpc) is 3.03. The lowest BCUT2D eigenvalue weighted by molar-refractivity contribution is -0.301. The molecule has 2 aliphatic rings. The molecule has 1 fully saturated rings. The van der Waals surface area contributed by atoms with Crippen molar-refractivity contribution in [1.82, 2.24) is 4.90 Å². The van der Waals surface area contributed by atoms with E-state index in [-0.39, 0.29) is 11.8 Å². The molecular weight excluding hydrogens is 382 g/mol. The van der Waals surface area contributed by atoms with Gasteiger partial charge in [-0.2, -0.15) is 0 Å². The third-order valence-electron chi connectivity index (χ3n) is 5.31. The second-order valence-corrected chi connectivity index (χ2v) is 7.56. The van der Waals surface area contributed by atoms with E-state index >= 15 is 0 Å². The van der Waals surface area contributed by atoms with Crippen LogP contribution in [0.4, 0.5) is 0 Å². The van der Waals surface area contributed by atoms with Crippen molar-refractivity contribution in [3.63, 3.8) is 0 Å². The lowest BCUT2D eigenvalue weighted by Gasteiger charge is -2.39. The predicted octanol–water partition coefficient (Wildman–Crippen LogP) is -0.151. The van der Waals surface area contributed by atoms with Gasteiger partial charge in [0.1, 0.15) is 24.4 Å². The number of hydrogen-bond donors (Lipinski definition) is 4. The van der Waals surface area contributed by atoms with Crippen LogP contribution >= 0.6 is 0 Å². The molecule has 0 spiro atoms. The molecule has 9 heteroatoms. The lowest BCUT2D eigenvalue weighted by atomic mass is 9.99. The highest BCUT2D eigenvalue weighted by atomic mass is 16.7. The quantitative estimate of drug-likeness (QED) is 0.241. The summed E-state index contributed by atoms with van der Waals surface area (Å²) in [7, 11) is 0. The zero-order valence-electron chi connectivity index (χ0n) is 16.7. The average molecular weight is 415 g/mol. The first kappa shape index (κ1) is 23.9. The molecule has 166 valence electrons. The van der Waals surface area contributed by atoms with Gasteiger partial charge in [0.2, 0.25) is 0 Å². The molecule has 0 aromatic rings. The van der Waals surface area contributed by atoms with Crippen LogP contribution in [0.3, 0.4) is 0 Å². The maximum Gasteiger partial charge on any atom is 0.253 e. The molecule has 4 N–H and O–H groups in total. The van der Waals surface area contributed by atoms with Crippen LogP contribution in [0.25, 0.3) is 0 Å². The van der Waals surface area contributed by atoms with E-state index in [1.165, 1.54) is 17.1 Å². The van der Waals surface area contributed by atoms with E-state index in [1.54, 1.807) is 0 Å². The number of unbranched alkanes of at least 4 members (excludes halogenated alkanes) is 7. The zero-order valence-corrected chi connectivity index (χ0v) is 16.7. The highest BCUT2D eigenvalue weighted by Crippen LogP contribution is 2.22. The Bertz CT molecular complexity index is 535. The molecule has 9 nitrogen and oxygen atoms in total. The van der Waals surface area contributed by atoms with Gasteiger partial charge in [-0.1, -0.05) is 38.5 Å². The highest BCUT2D eigenvalue weighted by Gasteiger charge is 2.43. The second-order valence-electron chi connectivity index (χ2n) is 7.56. The van der Waals surface area contributed by atoms with E-state index in [0.29, 0.717) is 13.2 Å². The SMILES string of the molecule is O=C1C=CC(=O)N1CCCCCCCCCCO[C@@H]1OC(CO)[C@@H](O)[C@H](O)C1O. The number of rotatable bonds is 13. The summed E-state index contributed by atoms with van der Waals surface area (Å²) in [6, 6.07) is 0. The molecule has 0 aromatic heterocycles. The Morgan fingerprint density at radius 3 is 1.97 bits per heavy atom. The molecule has 1 saturated heterocycles. The molecule has 0 bridgehead atoms. The van der Waals surface area contributed by atoms with Crippen LogP contribution in [0, 0.1) is 0 Å². The number of hydrogen-bond acceptors (Lipinski definition) is 8. The molecular formula is C20H33NO8. The van der Waals surface area contributed by atoms with Crippen molar-refractivity contribution < 1.29 is 39.5 Å². The number of carbonyl (C=O) groups excluding carboxylic acids is 2. The Morgan fingerprint density at radius 1 is 0.828 bits per heavy atom. The van der Waals surface area contributed by atoms with Crippen molar-refractivity contribution in [3.8, 4) is 0 Å². The number of ether oxygens (including phenoxy) is 2. The third-order valence-corrected chi connectivity index (χ3v) is 5.31. The monoisotopic (exact) mass is 415 g/mol. The number of aliphatic hydroxyl groups is 4. The molecule has 2 heterocycles. The van der Waals surface area contributed by atoms with E-state index < -0.39 is 37.3 Å². The summed E-state index contributed by atoms with van der Waals surface area (Å²) in [5.41, 5.74) is 0. The van der Waals surface area contributed by atoms with Crippen LogP contribution in [0.2, 0.25) is 0 Å². The van der Waals surface area contributed by atoms with Crippen LogP contribution in [0.1, 0.15) is 51.4 Å². The molecule has 0 radical (unpaired) electrons. The normalized spacial score (nSPS) is 29.8. The first-order valence-electron chi connectivity index (χ1n) is 10.4. The van der Waals surface area contributed by atoms with Crippen molar-refractivity contribution in [2.75, 3.05) is 19.8 Å². The topological polar surface area (TPSA) is 137 Å². The number of aliphatic hydroxyl groups excluding tert-OH is 4. The molecule has 0 aliphatic carbocycles. The van der Waals surface area contributed by atoms with Crippen molar-refractivity contribution >= 4 is 11.8 Å². The van der Waals surface area contributed by atoms with Gasteiger partial charge in [0.25, 0.3) is 11.8 Å². The summed E-state index contributed by atoms with van der Waals surface area (Å²) in [4.78, 5) is 24.1. The summed E-state index contributed by atoms with van der Waals surface area (Å²) in [6.45, 7) is 0.376. The minimum atomic E-state index is -1.41. The van der Waals surface area contributed by atoms with Crippen LogP contribution in [0.5, 0.6) is 0 Å². The summed E-state index contributed by atoms with van der Waals surface area (Å²) in [6.07, 6.45) is 4.30. The van der Waals surface area contributed by atoms with Gasteiger partial charge in [-0.3, -0.25) is 14.5 Å². The summed E-state index contributed by atoms with van der Waals surface area (Å²) < 4.78 is 10.7. The number of nitrogens with zero attached hydrogens (tertiary/aromatic N) is 1. The van der Waals surface area contributed by atoms with Gasteiger partial charge >= 0.3 is 0 Å². The summed E-state index contributed by atoms with van der Waals surface area (Å²) >= 11 is 0. The number of amides is 2. The van der Waals surface area contributed by atoms with Gasteiger partial charge in [0, 0.05) is 25.3 Å². The lowest BCUT2D eigenvalue weighted by Crippen LogP contribution is -2.59. The van der Waals surface area contributed by atoms with E-state index in [2.05, 4.69) is 0 Å². The van der Waals surface area contributed by atoms with Crippen molar-refractivity contribution in [3.05, 3.63) is 12.2 Å². The van der Waals surface area contributed by atoms with Crippen LogP contribution in [-0.2, 0) is 19.1 Å². The van der Waals surface area contributed by atoms with Crippen LogP contribution < -0.4 is 0 Å². The van der Waals surface area contributed by atoms with E-state index in [1.807, 2.05) is 0 Å². The molecule has 2 aliphatic heterocycles. The van der Waals surface area contributed by atoms with Gasteiger partial charge in [-0.15, -0.1) is 0 Å². The molecule has 0 aromatic carbocycles. The van der Waals surface area contributed by atoms with Crippen LogP contribution in [0.15, 0.2) is 12.2 Å².